The van der Waals surface area contributed by atoms with Crippen LogP contribution in [0.4, 0.5) is 5.82 Å². The molecule has 1 saturated heterocycles. The summed E-state index contributed by atoms with van der Waals surface area (Å²) in [6, 6.07) is 10.3. The van der Waals surface area contributed by atoms with Crippen molar-refractivity contribution < 1.29 is 5.11 Å². The molecule has 1 aliphatic heterocycles. The van der Waals surface area contributed by atoms with Crippen LogP contribution in [0.2, 0.25) is 0 Å². The second kappa shape index (κ2) is 7.51. The number of rotatable bonds is 4. The van der Waals surface area contributed by atoms with E-state index in [0.29, 0.717) is 17.8 Å². The Bertz CT molecular complexity index is 1010. The molecule has 6 nitrogen and oxygen atoms in total. The van der Waals surface area contributed by atoms with Crippen molar-refractivity contribution >= 4 is 27.2 Å². The summed E-state index contributed by atoms with van der Waals surface area (Å²) >= 11 is 1.60. The van der Waals surface area contributed by atoms with Gasteiger partial charge in [-0.15, -0.1) is 21.5 Å². The van der Waals surface area contributed by atoms with Crippen LogP contribution in [-0.2, 0) is 0 Å². The Morgan fingerprint density at radius 1 is 1.37 bits per heavy atom. The van der Waals surface area contributed by atoms with Gasteiger partial charge in [0.1, 0.15) is 11.6 Å². The van der Waals surface area contributed by atoms with E-state index in [1.54, 1.807) is 11.3 Å². The Hall–Kier alpha value is -2.69. The van der Waals surface area contributed by atoms with E-state index >= 15 is 0 Å². The van der Waals surface area contributed by atoms with Gasteiger partial charge in [-0.25, -0.2) is 0 Å². The summed E-state index contributed by atoms with van der Waals surface area (Å²) in [4.78, 5) is 2.16. The van der Waals surface area contributed by atoms with Crippen molar-refractivity contribution in [3.63, 3.8) is 0 Å². The molecule has 0 aliphatic carbocycles. The maximum Gasteiger partial charge on any atom is 0.149 e. The number of fused-ring (bicyclic) bond motifs is 1. The molecule has 0 saturated carbocycles. The zero-order valence-electron chi connectivity index (χ0n) is 15.1. The van der Waals surface area contributed by atoms with Gasteiger partial charge in [-0.05, 0) is 61.5 Å². The Morgan fingerprint density at radius 3 is 3.07 bits per heavy atom. The van der Waals surface area contributed by atoms with Gasteiger partial charge in [0, 0.05) is 28.2 Å². The van der Waals surface area contributed by atoms with Crippen LogP contribution in [-0.4, -0.2) is 45.9 Å². The zero-order valence-corrected chi connectivity index (χ0v) is 16.0. The van der Waals surface area contributed by atoms with E-state index in [4.69, 9.17) is 5.26 Å². The van der Waals surface area contributed by atoms with Gasteiger partial charge in [0.25, 0.3) is 0 Å². The second-order valence-electron chi connectivity index (χ2n) is 6.93. The summed E-state index contributed by atoms with van der Waals surface area (Å²) in [5.74, 6) is 0.988. The molecule has 138 valence electrons. The number of piperidine rings is 1. The highest BCUT2D eigenvalue weighted by molar-refractivity contribution is 7.17. The van der Waals surface area contributed by atoms with Crippen LogP contribution >= 0.6 is 11.3 Å². The molecule has 1 fully saturated rings. The van der Waals surface area contributed by atoms with E-state index in [-0.39, 0.29) is 11.8 Å². The molecule has 3 aromatic rings. The van der Waals surface area contributed by atoms with Crippen LogP contribution in [0.3, 0.4) is 0 Å². The number of benzene rings is 1. The number of phenolic OH excluding ortho intramolecular Hbond substituents is 1. The number of aryl methyl sites for hydroxylation is 1. The van der Waals surface area contributed by atoms with Crippen molar-refractivity contribution in [2.45, 2.75) is 25.8 Å². The minimum atomic E-state index is 0.256. The predicted octanol–water partition coefficient (Wildman–Crippen LogP) is 3.77. The number of hydrogen-bond donors (Lipinski definition) is 2. The monoisotopic (exact) mass is 379 g/mol. The number of anilines is 1. The molecule has 0 amide bonds. The van der Waals surface area contributed by atoms with Crippen molar-refractivity contribution in [2.24, 2.45) is 0 Å². The molecule has 7 heteroatoms. The molecular formula is C20H21N5OS. The van der Waals surface area contributed by atoms with Gasteiger partial charge < -0.3 is 10.4 Å². The largest absolute Gasteiger partial charge is 0.507 e. The lowest BCUT2D eigenvalue weighted by molar-refractivity contribution is 0.239. The van der Waals surface area contributed by atoms with Crippen LogP contribution in [0.5, 0.6) is 5.75 Å². The Balaban J connectivity index is 1.55. The van der Waals surface area contributed by atoms with E-state index in [9.17, 15) is 5.11 Å². The van der Waals surface area contributed by atoms with Crippen molar-refractivity contribution in [2.75, 3.05) is 25.0 Å². The van der Waals surface area contributed by atoms with Crippen LogP contribution in [0.15, 0.2) is 29.6 Å². The highest BCUT2D eigenvalue weighted by atomic mass is 32.1. The molecule has 0 bridgehead atoms. The van der Waals surface area contributed by atoms with Gasteiger partial charge in [0.2, 0.25) is 0 Å². The minimum Gasteiger partial charge on any atom is -0.507 e. The van der Waals surface area contributed by atoms with Crippen molar-refractivity contribution in [1.82, 2.24) is 15.1 Å². The number of aromatic hydroxyl groups is 1. The molecular weight excluding hydrogens is 358 g/mol. The molecule has 1 aromatic carbocycles. The predicted molar refractivity (Wildman–Crippen MR) is 108 cm³/mol. The summed E-state index contributed by atoms with van der Waals surface area (Å²) in [5.41, 5.74) is 2.36. The fraction of sp³-hybridized carbons (Fsp3) is 0.350. The zero-order chi connectivity index (χ0) is 18.8. The molecule has 2 N–H and O–H groups in total. The Labute approximate surface area is 162 Å². The third-order valence-electron chi connectivity index (χ3n) is 5.00. The Kier molecular flexibility index (Phi) is 4.92. The molecule has 1 atom stereocenters. The fourth-order valence-electron chi connectivity index (χ4n) is 3.67. The smallest absolute Gasteiger partial charge is 0.149 e. The quantitative estimate of drug-likeness (QED) is 0.671. The first-order chi connectivity index (χ1) is 13.2. The van der Waals surface area contributed by atoms with E-state index in [0.717, 1.165) is 47.4 Å². The van der Waals surface area contributed by atoms with Gasteiger partial charge in [-0.3, -0.25) is 4.90 Å². The standard InChI is InChI=1S/C20H21N5OS/c1-13-11-18(22-14-3-2-8-25(12-14)9-7-21)23-24-19(13)16-4-5-17-15(20(16)26)6-10-27-17/h4-6,10-11,14,26H,2-3,8-9,12H2,1H3,(H,22,23). The molecule has 1 unspecified atom stereocenters. The molecule has 3 heterocycles. The number of likely N-dealkylation sites (tertiary alicyclic amines) is 1. The Morgan fingerprint density at radius 2 is 2.26 bits per heavy atom. The molecule has 0 radical (unpaired) electrons. The van der Waals surface area contributed by atoms with E-state index < -0.39 is 0 Å². The van der Waals surface area contributed by atoms with Gasteiger partial charge in [0.15, 0.2) is 0 Å². The van der Waals surface area contributed by atoms with Gasteiger partial charge in [-0.2, -0.15) is 5.26 Å². The summed E-state index contributed by atoms with van der Waals surface area (Å²) in [6.45, 7) is 4.26. The summed E-state index contributed by atoms with van der Waals surface area (Å²) in [7, 11) is 0. The third kappa shape index (κ3) is 3.59. The fourth-order valence-corrected chi connectivity index (χ4v) is 4.46. The second-order valence-corrected chi connectivity index (χ2v) is 7.88. The van der Waals surface area contributed by atoms with Crippen LogP contribution < -0.4 is 5.32 Å². The van der Waals surface area contributed by atoms with Gasteiger partial charge in [-0.1, -0.05) is 0 Å². The minimum absolute atomic E-state index is 0.256. The lowest BCUT2D eigenvalue weighted by Gasteiger charge is -2.31. The number of nitrogens with zero attached hydrogens (tertiary/aromatic N) is 4. The lowest BCUT2D eigenvalue weighted by atomic mass is 10.0. The molecule has 0 spiro atoms. The average Bonchev–Trinajstić information content (AvgIpc) is 3.13. The number of hydrogen-bond acceptors (Lipinski definition) is 7. The number of nitriles is 1. The topological polar surface area (TPSA) is 85.1 Å². The number of aromatic nitrogens is 2. The highest BCUT2D eigenvalue weighted by Crippen LogP contribution is 2.38. The van der Waals surface area contributed by atoms with E-state index in [1.807, 2.05) is 36.6 Å². The van der Waals surface area contributed by atoms with Crippen molar-refractivity contribution in [3.8, 4) is 23.1 Å². The van der Waals surface area contributed by atoms with E-state index in [1.165, 1.54) is 0 Å². The summed E-state index contributed by atoms with van der Waals surface area (Å²) in [6.07, 6.45) is 2.12. The molecule has 4 rings (SSSR count). The van der Waals surface area contributed by atoms with Crippen LogP contribution in [0.25, 0.3) is 21.3 Å². The summed E-state index contributed by atoms with van der Waals surface area (Å²) < 4.78 is 1.05. The third-order valence-corrected chi connectivity index (χ3v) is 5.88. The first-order valence-electron chi connectivity index (χ1n) is 9.05. The van der Waals surface area contributed by atoms with Crippen LogP contribution in [0, 0.1) is 18.3 Å². The number of thiophene rings is 1. The van der Waals surface area contributed by atoms with Crippen molar-refractivity contribution in [3.05, 3.63) is 35.2 Å². The maximum absolute atomic E-state index is 10.6. The SMILES string of the molecule is Cc1cc(NC2CCCN(CC#N)C2)nnc1-c1ccc2sccc2c1O. The van der Waals surface area contributed by atoms with Gasteiger partial charge >= 0.3 is 0 Å². The molecule has 1 aliphatic rings. The van der Waals surface area contributed by atoms with Crippen molar-refractivity contribution in [1.29, 1.82) is 5.26 Å². The van der Waals surface area contributed by atoms with E-state index in [2.05, 4.69) is 26.5 Å². The molecule has 2 aromatic heterocycles. The maximum atomic E-state index is 10.6. The van der Waals surface area contributed by atoms with Gasteiger partial charge in [0.05, 0.1) is 18.3 Å². The number of phenols is 1. The molecule has 27 heavy (non-hydrogen) atoms. The first kappa shape index (κ1) is 17.7. The average molecular weight is 379 g/mol. The lowest BCUT2D eigenvalue weighted by Crippen LogP contribution is -2.42. The highest BCUT2D eigenvalue weighted by Gasteiger charge is 2.20. The number of nitrogens with one attached hydrogen (secondary N) is 1. The normalized spacial score (nSPS) is 17.7. The van der Waals surface area contributed by atoms with Crippen LogP contribution in [0.1, 0.15) is 18.4 Å². The first-order valence-corrected chi connectivity index (χ1v) is 9.93. The summed E-state index contributed by atoms with van der Waals surface area (Å²) in [5, 5.41) is 34.5.